The highest BCUT2D eigenvalue weighted by molar-refractivity contribution is 5.54. The second-order valence-corrected chi connectivity index (χ2v) is 4.88. The Morgan fingerprint density at radius 2 is 2.00 bits per heavy atom. The van der Waals surface area contributed by atoms with E-state index >= 15 is 0 Å². The third-order valence-electron chi connectivity index (χ3n) is 3.66. The molecule has 2 N–H and O–H groups in total. The molecule has 0 aliphatic carbocycles. The Bertz CT molecular complexity index is 603. The first kappa shape index (κ1) is 14.3. The van der Waals surface area contributed by atoms with Gasteiger partial charge in [-0.1, -0.05) is 0 Å². The predicted octanol–water partition coefficient (Wildman–Crippen LogP) is 3.45. The van der Waals surface area contributed by atoms with Crippen LogP contribution in [0.5, 0.6) is 11.5 Å². The van der Waals surface area contributed by atoms with Crippen molar-refractivity contribution in [3.63, 3.8) is 0 Å². The zero-order valence-electron chi connectivity index (χ0n) is 12.5. The molecule has 108 valence electrons. The number of benzene rings is 1. The Labute approximate surface area is 120 Å². The summed E-state index contributed by atoms with van der Waals surface area (Å²) in [5.74, 6) is 0.635. The number of hydrogen-bond acceptors (Lipinski definition) is 3. The fourth-order valence-corrected chi connectivity index (χ4v) is 2.54. The van der Waals surface area contributed by atoms with Crippen molar-refractivity contribution >= 4 is 5.69 Å². The summed E-state index contributed by atoms with van der Waals surface area (Å²) in [6, 6.07) is 7.54. The number of nitrogens with zero attached hydrogens (tertiary/aromatic N) is 1. The molecule has 0 spiro atoms. The minimum atomic E-state index is 0.150. The number of anilines is 1. The molecule has 0 radical (unpaired) electrons. The molecule has 0 aliphatic rings. The number of phenols is 1. The predicted molar refractivity (Wildman–Crippen MR) is 81.6 cm³/mol. The van der Waals surface area contributed by atoms with E-state index in [4.69, 9.17) is 4.74 Å². The summed E-state index contributed by atoms with van der Waals surface area (Å²) in [7, 11) is 1.54. The molecule has 0 amide bonds. The van der Waals surface area contributed by atoms with Crippen molar-refractivity contribution in [3.05, 3.63) is 41.2 Å². The Morgan fingerprint density at radius 3 is 2.55 bits per heavy atom. The maximum Gasteiger partial charge on any atom is 0.160 e. The van der Waals surface area contributed by atoms with Gasteiger partial charge in [0, 0.05) is 36.2 Å². The number of methoxy groups -OCH3 is 1. The summed E-state index contributed by atoms with van der Waals surface area (Å²) in [4.78, 5) is 0. The van der Waals surface area contributed by atoms with E-state index in [2.05, 4.69) is 36.7 Å². The van der Waals surface area contributed by atoms with Gasteiger partial charge in [-0.05, 0) is 44.5 Å². The normalized spacial score (nSPS) is 10.6. The van der Waals surface area contributed by atoms with Crippen LogP contribution in [-0.4, -0.2) is 16.8 Å². The number of aromatic hydroxyl groups is 1. The van der Waals surface area contributed by atoms with Crippen molar-refractivity contribution in [1.29, 1.82) is 0 Å². The van der Waals surface area contributed by atoms with Crippen LogP contribution in [-0.2, 0) is 13.1 Å². The van der Waals surface area contributed by atoms with Crippen molar-refractivity contribution in [1.82, 2.24) is 4.57 Å². The molecule has 1 aromatic heterocycles. The largest absolute Gasteiger partial charge is 0.504 e. The average molecular weight is 274 g/mol. The van der Waals surface area contributed by atoms with E-state index in [1.165, 1.54) is 17.0 Å². The summed E-state index contributed by atoms with van der Waals surface area (Å²) in [6.45, 7) is 8.14. The van der Waals surface area contributed by atoms with Crippen molar-refractivity contribution in [2.45, 2.75) is 33.9 Å². The summed E-state index contributed by atoms with van der Waals surface area (Å²) < 4.78 is 7.33. The fourth-order valence-electron chi connectivity index (χ4n) is 2.54. The molecule has 1 heterocycles. The summed E-state index contributed by atoms with van der Waals surface area (Å²) in [6.07, 6.45) is 0. The van der Waals surface area contributed by atoms with Crippen LogP contribution in [0.4, 0.5) is 5.69 Å². The molecule has 2 aromatic rings. The Morgan fingerprint density at radius 1 is 1.25 bits per heavy atom. The van der Waals surface area contributed by atoms with Gasteiger partial charge in [-0.15, -0.1) is 0 Å². The van der Waals surface area contributed by atoms with Gasteiger partial charge in [0.05, 0.1) is 7.11 Å². The van der Waals surface area contributed by atoms with Gasteiger partial charge in [0.25, 0.3) is 0 Å². The molecule has 1 aromatic carbocycles. The third-order valence-corrected chi connectivity index (χ3v) is 3.66. The van der Waals surface area contributed by atoms with Crippen molar-refractivity contribution < 1.29 is 9.84 Å². The number of ether oxygens (including phenoxy) is 1. The molecule has 0 unspecified atom stereocenters. The van der Waals surface area contributed by atoms with Crippen LogP contribution in [0.2, 0.25) is 0 Å². The number of aromatic nitrogens is 1. The minimum Gasteiger partial charge on any atom is -0.504 e. The maximum atomic E-state index is 9.76. The van der Waals surface area contributed by atoms with Gasteiger partial charge >= 0.3 is 0 Å². The first-order valence-electron chi connectivity index (χ1n) is 6.83. The lowest BCUT2D eigenvalue weighted by atomic mass is 10.2. The third kappa shape index (κ3) is 2.74. The van der Waals surface area contributed by atoms with E-state index in [0.29, 0.717) is 5.75 Å². The van der Waals surface area contributed by atoms with Crippen LogP contribution < -0.4 is 10.1 Å². The van der Waals surface area contributed by atoms with Gasteiger partial charge in [-0.2, -0.15) is 0 Å². The summed E-state index contributed by atoms with van der Waals surface area (Å²) >= 11 is 0. The monoisotopic (exact) mass is 274 g/mol. The first-order chi connectivity index (χ1) is 9.56. The molecule has 2 rings (SSSR count). The molecule has 0 atom stereocenters. The summed E-state index contributed by atoms with van der Waals surface area (Å²) in [5, 5.41) is 13.1. The Balaban J connectivity index is 2.11. The Kier molecular flexibility index (Phi) is 4.23. The van der Waals surface area contributed by atoms with E-state index in [-0.39, 0.29) is 5.75 Å². The van der Waals surface area contributed by atoms with Crippen LogP contribution in [0.25, 0.3) is 0 Å². The number of hydrogen-bond donors (Lipinski definition) is 2. The lowest BCUT2D eigenvalue weighted by molar-refractivity contribution is 0.373. The molecule has 4 heteroatoms. The zero-order chi connectivity index (χ0) is 14.7. The van der Waals surface area contributed by atoms with Gasteiger partial charge < -0.3 is 19.7 Å². The van der Waals surface area contributed by atoms with Gasteiger partial charge in [0.15, 0.2) is 11.5 Å². The zero-order valence-corrected chi connectivity index (χ0v) is 12.5. The van der Waals surface area contributed by atoms with Gasteiger partial charge in [0.2, 0.25) is 0 Å². The topological polar surface area (TPSA) is 46.4 Å². The van der Waals surface area contributed by atoms with E-state index < -0.39 is 0 Å². The van der Waals surface area contributed by atoms with E-state index in [9.17, 15) is 5.11 Å². The molecule has 0 saturated carbocycles. The second kappa shape index (κ2) is 5.90. The van der Waals surface area contributed by atoms with Gasteiger partial charge in [-0.3, -0.25) is 0 Å². The molecule has 0 bridgehead atoms. The van der Waals surface area contributed by atoms with Crippen molar-refractivity contribution in [2.24, 2.45) is 0 Å². The van der Waals surface area contributed by atoms with Crippen LogP contribution in [0.15, 0.2) is 24.3 Å². The lowest BCUT2D eigenvalue weighted by Crippen LogP contribution is -2.03. The van der Waals surface area contributed by atoms with E-state index in [0.717, 1.165) is 18.8 Å². The highest BCUT2D eigenvalue weighted by Crippen LogP contribution is 2.29. The van der Waals surface area contributed by atoms with E-state index in [1.54, 1.807) is 19.2 Å². The van der Waals surface area contributed by atoms with Gasteiger partial charge in [0.1, 0.15) is 0 Å². The van der Waals surface area contributed by atoms with E-state index in [1.807, 2.05) is 6.07 Å². The number of nitrogens with one attached hydrogen (secondary N) is 1. The molecule has 4 nitrogen and oxygen atoms in total. The standard InChI is InChI=1S/C16H22N2O2/c1-5-18-11(2)8-13(12(18)3)10-17-14-6-7-16(20-4)15(19)9-14/h6-9,17,19H,5,10H2,1-4H3. The summed E-state index contributed by atoms with van der Waals surface area (Å²) in [5.41, 5.74) is 4.72. The first-order valence-corrected chi connectivity index (χ1v) is 6.83. The number of phenolic OH excluding ortho intramolecular Hbond substituents is 1. The van der Waals surface area contributed by atoms with Crippen LogP contribution in [0.1, 0.15) is 23.9 Å². The van der Waals surface area contributed by atoms with Crippen LogP contribution >= 0.6 is 0 Å². The second-order valence-electron chi connectivity index (χ2n) is 4.88. The average Bonchev–Trinajstić information content (AvgIpc) is 2.70. The van der Waals surface area contributed by atoms with Crippen LogP contribution in [0.3, 0.4) is 0 Å². The minimum absolute atomic E-state index is 0.150. The molecule has 0 fully saturated rings. The lowest BCUT2D eigenvalue weighted by Gasteiger charge is -2.10. The van der Waals surface area contributed by atoms with Crippen molar-refractivity contribution in [3.8, 4) is 11.5 Å². The molecule has 0 aliphatic heterocycles. The number of aryl methyl sites for hydroxylation is 1. The fraction of sp³-hybridized carbons (Fsp3) is 0.375. The Hall–Kier alpha value is -2.10. The maximum absolute atomic E-state index is 9.76. The molecule has 0 saturated heterocycles. The van der Waals surface area contributed by atoms with Crippen LogP contribution in [0, 0.1) is 13.8 Å². The smallest absolute Gasteiger partial charge is 0.160 e. The SMILES string of the molecule is CCn1c(C)cc(CNc2ccc(OC)c(O)c2)c1C. The highest BCUT2D eigenvalue weighted by Gasteiger charge is 2.08. The highest BCUT2D eigenvalue weighted by atomic mass is 16.5. The van der Waals surface area contributed by atoms with Crippen molar-refractivity contribution in [2.75, 3.05) is 12.4 Å². The van der Waals surface area contributed by atoms with Gasteiger partial charge in [-0.25, -0.2) is 0 Å². The number of rotatable bonds is 5. The molecular formula is C16H22N2O2. The molecular weight excluding hydrogens is 252 g/mol. The molecule has 20 heavy (non-hydrogen) atoms. The quantitative estimate of drug-likeness (QED) is 0.878.